The maximum Gasteiger partial charge on any atom is 0.241 e. The van der Waals surface area contributed by atoms with Crippen LogP contribution in [0.15, 0.2) is 53.4 Å². The van der Waals surface area contributed by atoms with Gasteiger partial charge in [0.15, 0.2) is 0 Å². The van der Waals surface area contributed by atoms with E-state index in [1.165, 1.54) is 19.2 Å². The Bertz CT molecular complexity index is 883. The number of rotatable bonds is 10. The third-order valence-electron chi connectivity index (χ3n) is 4.40. The molecule has 0 spiro atoms. The third-order valence-corrected chi connectivity index (χ3v) is 5.87. The molecule has 28 heavy (non-hydrogen) atoms. The summed E-state index contributed by atoms with van der Waals surface area (Å²) in [7, 11) is -2.34. The molecule has 1 amide bonds. The van der Waals surface area contributed by atoms with Crippen LogP contribution in [0.25, 0.3) is 0 Å². The smallest absolute Gasteiger partial charge is 0.241 e. The molecule has 0 bridgehead atoms. The molecule has 0 aliphatic rings. The van der Waals surface area contributed by atoms with Crippen LogP contribution in [0.5, 0.6) is 5.75 Å². The van der Waals surface area contributed by atoms with Crippen LogP contribution in [0.3, 0.4) is 0 Å². The first-order valence-corrected chi connectivity index (χ1v) is 10.8. The maximum atomic E-state index is 12.9. The first-order chi connectivity index (χ1) is 13.4. The number of amides is 1. The van der Waals surface area contributed by atoms with Crippen molar-refractivity contribution in [2.75, 3.05) is 13.7 Å². The van der Waals surface area contributed by atoms with Gasteiger partial charge in [-0.3, -0.25) is 4.79 Å². The Labute approximate surface area is 167 Å². The molecule has 2 N–H and O–H groups in total. The summed E-state index contributed by atoms with van der Waals surface area (Å²) in [6.07, 6.45) is 2.06. The lowest BCUT2D eigenvalue weighted by molar-refractivity contribution is -0.122. The summed E-state index contributed by atoms with van der Waals surface area (Å²) in [5.41, 5.74) is 1.59. The average Bonchev–Trinajstić information content (AvgIpc) is 2.68. The molecule has 0 aromatic heterocycles. The molecule has 0 saturated heterocycles. The highest BCUT2D eigenvalue weighted by atomic mass is 32.2. The average molecular weight is 405 g/mol. The van der Waals surface area contributed by atoms with E-state index in [1.54, 1.807) is 13.0 Å². The monoisotopic (exact) mass is 404 g/mol. The van der Waals surface area contributed by atoms with Crippen LogP contribution in [0.2, 0.25) is 0 Å². The van der Waals surface area contributed by atoms with Gasteiger partial charge in [0.2, 0.25) is 15.9 Å². The standard InChI is InChI=1S/C21H28N2O4S/c1-4-5-13-22-21(24)19(15-17-9-7-6-8-10-17)23-28(25,26)18-11-12-20(27-3)16(2)14-18/h6-12,14,19,23H,4-5,13,15H2,1-3H3,(H,22,24)/t19-/m1/s1. The quantitative estimate of drug-likeness (QED) is 0.597. The SMILES string of the molecule is CCCCNC(=O)[C@@H](Cc1ccccc1)NS(=O)(=O)c1ccc(OC)c(C)c1. The summed E-state index contributed by atoms with van der Waals surface area (Å²) >= 11 is 0. The van der Waals surface area contributed by atoms with Crippen molar-refractivity contribution in [3.8, 4) is 5.75 Å². The van der Waals surface area contributed by atoms with E-state index in [0.717, 1.165) is 18.4 Å². The van der Waals surface area contributed by atoms with Gasteiger partial charge in [0.25, 0.3) is 0 Å². The van der Waals surface area contributed by atoms with E-state index in [9.17, 15) is 13.2 Å². The second-order valence-electron chi connectivity index (χ2n) is 6.64. The number of carbonyl (C=O) groups is 1. The second-order valence-corrected chi connectivity index (χ2v) is 8.35. The minimum Gasteiger partial charge on any atom is -0.496 e. The van der Waals surface area contributed by atoms with Crippen LogP contribution in [0, 0.1) is 6.92 Å². The minimum atomic E-state index is -3.87. The number of unbranched alkanes of at least 4 members (excludes halogenated alkanes) is 1. The van der Waals surface area contributed by atoms with Crippen molar-refractivity contribution in [1.82, 2.24) is 10.0 Å². The number of carbonyl (C=O) groups excluding carboxylic acids is 1. The van der Waals surface area contributed by atoms with Crippen molar-refractivity contribution < 1.29 is 17.9 Å². The van der Waals surface area contributed by atoms with Crippen LogP contribution < -0.4 is 14.8 Å². The number of aryl methyl sites for hydroxylation is 1. The zero-order valence-electron chi connectivity index (χ0n) is 16.6. The van der Waals surface area contributed by atoms with Crippen molar-refractivity contribution in [1.29, 1.82) is 0 Å². The van der Waals surface area contributed by atoms with E-state index in [0.29, 0.717) is 17.9 Å². The fraction of sp³-hybridized carbons (Fsp3) is 0.381. The highest BCUT2D eigenvalue weighted by molar-refractivity contribution is 7.89. The largest absolute Gasteiger partial charge is 0.496 e. The molecule has 0 saturated carbocycles. The number of nitrogens with one attached hydrogen (secondary N) is 2. The van der Waals surface area contributed by atoms with Gasteiger partial charge in [-0.05, 0) is 49.1 Å². The Kier molecular flexibility index (Phi) is 8.02. The molecule has 2 rings (SSSR count). The zero-order valence-corrected chi connectivity index (χ0v) is 17.4. The Hall–Kier alpha value is -2.38. The van der Waals surface area contributed by atoms with E-state index in [-0.39, 0.29) is 17.2 Å². The highest BCUT2D eigenvalue weighted by Crippen LogP contribution is 2.21. The molecule has 0 aliphatic heterocycles. The molecule has 152 valence electrons. The molecule has 6 nitrogen and oxygen atoms in total. The van der Waals surface area contributed by atoms with Gasteiger partial charge in [0.1, 0.15) is 11.8 Å². The highest BCUT2D eigenvalue weighted by Gasteiger charge is 2.26. The third kappa shape index (κ3) is 6.07. The summed E-state index contributed by atoms with van der Waals surface area (Å²) in [6.45, 7) is 4.32. The summed E-state index contributed by atoms with van der Waals surface area (Å²) in [4.78, 5) is 12.7. The van der Waals surface area contributed by atoms with E-state index in [4.69, 9.17) is 4.74 Å². The molecule has 1 atom stereocenters. The molecule has 0 aliphatic carbocycles. The summed E-state index contributed by atoms with van der Waals surface area (Å²) < 4.78 is 33.5. The van der Waals surface area contributed by atoms with Gasteiger partial charge >= 0.3 is 0 Å². The Morgan fingerprint density at radius 1 is 1.14 bits per heavy atom. The lowest BCUT2D eigenvalue weighted by Gasteiger charge is -2.19. The first kappa shape index (κ1) is 21.9. The maximum absolute atomic E-state index is 12.9. The predicted octanol–water partition coefficient (Wildman–Crippen LogP) is 2.81. The molecular formula is C21H28N2O4S. The first-order valence-electron chi connectivity index (χ1n) is 9.36. The fourth-order valence-electron chi connectivity index (χ4n) is 2.82. The lowest BCUT2D eigenvalue weighted by Crippen LogP contribution is -2.48. The topological polar surface area (TPSA) is 84.5 Å². The second kappa shape index (κ2) is 10.2. The number of methoxy groups -OCH3 is 1. The number of hydrogen-bond donors (Lipinski definition) is 2. The van der Waals surface area contributed by atoms with Gasteiger partial charge in [0.05, 0.1) is 12.0 Å². The number of benzene rings is 2. The van der Waals surface area contributed by atoms with Crippen molar-refractivity contribution in [2.24, 2.45) is 0 Å². The van der Waals surface area contributed by atoms with Crippen molar-refractivity contribution in [2.45, 2.75) is 44.0 Å². The molecule has 0 heterocycles. The minimum absolute atomic E-state index is 0.102. The summed E-state index contributed by atoms with van der Waals surface area (Å²) in [6, 6.07) is 13.1. The lowest BCUT2D eigenvalue weighted by atomic mass is 10.1. The summed E-state index contributed by atoms with van der Waals surface area (Å²) in [5.74, 6) is 0.281. The number of hydrogen-bond acceptors (Lipinski definition) is 4. The predicted molar refractivity (Wildman–Crippen MR) is 110 cm³/mol. The van der Waals surface area contributed by atoms with Crippen LogP contribution >= 0.6 is 0 Å². The number of ether oxygens (including phenoxy) is 1. The normalized spacial score (nSPS) is 12.4. The van der Waals surface area contributed by atoms with E-state index in [2.05, 4.69) is 10.0 Å². The van der Waals surface area contributed by atoms with Gasteiger partial charge in [-0.25, -0.2) is 8.42 Å². The van der Waals surface area contributed by atoms with Crippen molar-refractivity contribution in [3.63, 3.8) is 0 Å². The van der Waals surface area contributed by atoms with Gasteiger partial charge in [-0.2, -0.15) is 4.72 Å². The fourth-order valence-corrected chi connectivity index (χ4v) is 4.10. The van der Waals surface area contributed by atoms with Crippen LogP contribution in [-0.2, 0) is 21.2 Å². The molecule has 0 fully saturated rings. The van der Waals surface area contributed by atoms with E-state index < -0.39 is 16.1 Å². The van der Waals surface area contributed by atoms with Crippen LogP contribution in [0.1, 0.15) is 30.9 Å². The number of sulfonamides is 1. The molecule has 2 aromatic carbocycles. The van der Waals surface area contributed by atoms with Crippen LogP contribution in [-0.4, -0.2) is 34.0 Å². The molecular weight excluding hydrogens is 376 g/mol. The molecule has 2 aromatic rings. The summed E-state index contributed by atoms with van der Waals surface area (Å²) in [5, 5.41) is 2.82. The van der Waals surface area contributed by atoms with Crippen molar-refractivity contribution in [3.05, 3.63) is 59.7 Å². The van der Waals surface area contributed by atoms with Gasteiger partial charge in [-0.15, -0.1) is 0 Å². The van der Waals surface area contributed by atoms with Gasteiger partial charge in [0, 0.05) is 6.54 Å². The zero-order chi connectivity index (χ0) is 20.6. The molecule has 0 unspecified atom stereocenters. The van der Waals surface area contributed by atoms with E-state index >= 15 is 0 Å². The Morgan fingerprint density at radius 3 is 2.46 bits per heavy atom. The molecule has 0 radical (unpaired) electrons. The Balaban J connectivity index is 2.24. The Morgan fingerprint density at radius 2 is 1.86 bits per heavy atom. The van der Waals surface area contributed by atoms with E-state index in [1.807, 2.05) is 37.3 Å². The van der Waals surface area contributed by atoms with Gasteiger partial charge in [-0.1, -0.05) is 43.7 Å². The van der Waals surface area contributed by atoms with Crippen molar-refractivity contribution >= 4 is 15.9 Å². The molecule has 7 heteroatoms. The van der Waals surface area contributed by atoms with Gasteiger partial charge < -0.3 is 10.1 Å². The van der Waals surface area contributed by atoms with Crippen LogP contribution in [0.4, 0.5) is 0 Å².